The van der Waals surface area contributed by atoms with Gasteiger partial charge < -0.3 is 9.64 Å². The Balaban J connectivity index is 1.51. The van der Waals surface area contributed by atoms with Gasteiger partial charge in [-0.2, -0.15) is 0 Å². The number of fused-ring (bicyclic) bond motifs is 1. The van der Waals surface area contributed by atoms with E-state index in [1.165, 1.54) is 49.7 Å². The number of rotatable bonds is 6. The largest absolute Gasteiger partial charge is 0.363 e. The van der Waals surface area contributed by atoms with Crippen molar-refractivity contribution in [3.8, 4) is 0 Å². The highest BCUT2D eigenvalue weighted by molar-refractivity contribution is 7.17. The highest BCUT2D eigenvalue weighted by Crippen LogP contribution is 2.37. The molecule has 0 amide bonds. The first-order valence-electron chi connectivity index (χ1n) is 10.5. The second-order valence-corrected chi connectivity index (χ2v) is 8.99. The molecule has 0 radical (unpaired) electrons. The van der Waals surface area contributed by atoms with Crippen molar-refractivity contribution in [3.63, 3.8) is 0 Å². The van der Waals surface area contributed by atoms with Gasteiger partial charge in [-0.15, -0.1) is 11.3 Å². The van der Waals surface area contributed by atoms with Crippen molar-refractivity contribution in [2.75, 3.05) is 37.7 Å². The van der Waals surface area contributed by atoms with Gasteiger partial charge in [-0.1, -0.05) is 13.8 Å². The first-order valence-corrected chi connectivity index (χ1v) is 11.4. The van der Waals surface area contributed by atoms with E-state index in [9.17, 15) is 0 Å². The van der Waals surface area contributed by atoms with Crippen LogP contribution in [0.2, 0.25) is 0 Å². The second-order valence-electron chi connectivity index (χ2n) is 8.14. The Bertz CT molecular complexity index is 748. The molecular weight excluding hydrogens is 356 g/mol. The highest BCUT2D eigenvalue weighted by atomic mass is 32.1. The van der Waals surface area contributed by atoms with Crippen molar-refractivity contribution in [1.29, 1.82) is 0 Å². The first kappa shape index (κ1) is 19.1. The average molecular weight is 389 g/mol. The summed E-state index contributed by atoms with van der Waals surface area (Å²) in [5.74, 6) is 2.26. The molecule has 2 aromatic rings. The molecule has 2 aliphatic heterocycles. The van der Waals surface area contributed by atoms with Crippen LogP contribution in [-0.4, -0.2) is 53.9 Å². The van der Waals surface area contributed by atoms with Gasteiger partial charge in [0.15, 0.2) is 0 Å². The van der Waals surface area contributed by atoms with Crippen molar-refractivity contribution in [1.82, 2.24) is 14.9 Å². The van der Waals surface area contributed by atoms with E-state index in [0.29, 0.717) is 18.1 Å². The van der Waals surface area contributed by atoms with Crippen LogP contribution in [0.5, 0.6) is 0 Å². The monoisotopic (exact) mass is 388 g/mol. The van der Waals surface area contributed by atoms with Crippen LogP contribution in [-0.2, 0) is 4.74 Å². The molecular formula is C21H32N4OS. The quantitative estimate of drug-likeness (QED) is 0.729. The lowest BCUT2D eigenvalue weighted by atomic mass is 9.93. The summed E-state index contributed by atoms with van der Waals surface area (Å²) in [6.07, 6.45) is 7.02. The lowest BCUT2D eigenvalue weighted by Crippen LogP contribution is -2.46. The Morgan fingerprint density at radius 3 is 2.56 bits per heavy atom. The van der Waals surface area contributed by atoms with Gasteiger partial charge in [0, 0.05) is 38.7 Å². The number of anilines is 1. The Hall–Kier alpha value is -1.24. The first-order chi connectivity index (χ1) is 13.2. The van der Waals surface area contributed by atoms with Gasteiger partial charge in [-0.25, -0.2) is 9.97 Å². The molecule has 2 fully saturated rings. The zero-order valence-corrected chi connectivity index (χ0v) is 17.7. The fourth-order valence-corrected chi connectivity index (χ4v) is 5.71. The third-order valence-corrected chi connectivity index (χ3v) is 6.99. The van der Waals surface area contributed by atoms with E-state index in [4.69, 9.17) is 9.72 Å². The third-order valence-electron chi connectivity index (χ3n) is 6.08. The Kier molecular flexibility index (Phi) is 5.95. The summed E-state index contributed by atoms with van der Waals surface area (Å²) in [5.41, 5.74) is 1.39. The molecule has 2 aliphatic rings. The molecule has 0 spiro atoms. The maximum atomic E-state index is 6.20. The molecule has 1 unspecified atom stereocenters. The van der Waals surface area contributed by atoms with Crippen molar-refractivity contribution >= 4 is 27.4 Å². The van der Waals surface area contributed by atoms with E-state index in [1.807, 2.05) is 0 Å². The molecule has 148 valence electrons. The van der Waals surface area contributed by atoms with Crippen molar-refractivity contribution in [3.05, 3.63) is 17.3 Å². The summed E-state index contributed by atoms with van der Waals surface area (Å²) in [6.45, 7) is 12.0. The number of piperidine rings is 1. The van der Waals surface area contributed by atoms with Crippen molar-refractivity contribution in [2.24, 2.45) is 5.92 Å². The maximum absolute atomic E-state index is 6.20. The van der Waals surface area contributed by atoms with Crippen LogP contribution in [0.1, 0.15) is 57.9 Å². The van der Waals surface area contributed by atoms with Gasteiger partial charge in [-0.3, -0.25) is 4.90 Å². The fraction of sp³-hybridized carbons (Fsp3) is 0.714. The molecule has 0 saturated carbocycles. The van der Waals surface area contributed by atoms with Gasteiger partial charge in [0.25, 0.3) is 0 Å². The topological polar surface area (TPSA) is 41.5 Å². The van der Waals surface area contributed by atoms with Gasteiger partial charge in [0.05, 0.1) is 5.39 Å². The van der Waals surface area contributed by atoms with Crippen LogP contribution in [0.3, 0.4) is 0 Å². The summed E-state index contributed by atoms with van der Waals surface area (Å²) in [4.78, 5) is 15.4. The third kappa shape index (κ3) is 3.84. The number of ether oxygens (including phenoxy) is 1. The van der Waals surface area contributed by atoms with Gasteiger partial charge >= 0.3 is 0 Å². The molecule has 1 atom stereocenters. The highest BCUT2D eigenvalue weighted by Gasteiger charge is 2.33. The molecule has 0 N–H and O–H groups in total. The molecule has 0 bridgehead atoms. The minimum atomic E-state index is 0.303. The summed E-state index contributed by atoms with van der Waals surface area (Å²) in [7, 11) is 0. The molecule has 0 aromatic carbocycles. The number of hydrogen-bond acceptors (Lipinski definition) is 6. The normalized spacial score (nSPS) is 20.8. The zero-order valence-electron chi connectivity index (χ0n) is 16.9. The predicted octanol–water partition coefficient (Wildman–Crippen LogP) is 4.49. The van der Waals surface area contributed by atoms with Crippen molar-refractivity contribution in [2.45, 2.75) is 58.6 Å². The van der Waals surface area contributed by atoms with E-state index < -0.39 is 0 Å². The van der Waals surface area contributed by atoms with E-state index >= 15 is 0 Å². The lowest BCUT2D eigenvalue weighted by Gasteiger charge is -2.40. The predicted molar refractivity (Wildman–Crippen MR) is 113 cm³/mol. The van der Waals surface area contributed by atoms with Crippen LogP contribution < -0.4 is 4.90 Å². The zero-order chi connectivity index (χ0) is 18.8. The molecule has 5 nitrogen and oxygen atoms in total. The number of hydrogen-bond donors (Lipinski definition) is 0. The molecule has 4 heterocycles. The summed E-state index contributed by atoms with van der Waals surface area (Å²) in [6, 6.07) is 0. The maximum Gasteiger partial charge on any atom is 0.141 e. The number of nitrogens with zero attached hydrogens (tertiary/aromatic N) is 4. The molecule has 6 heteroatoms. The fourth-order valence-electron chi connectivity index (χ4n) is 4.65. The smallest absolute Gasteiger partial charge is 0.141 e. The Labute approximate surface area is 166 Å². The van der Waals surface area contributed by atoms with Gasteiger partial charge in [0.2, 0.25) is 0 Å². The summed E-state index contributed by atoms with van der Waals surface area (Å²) >= 11 is 1.74. The van der Waals surface area contributed by atoms with Crippen LogP contribution in [0.25, 0.3) is 10.2 Å². The SMILES string of the molecule is CCOC(C1CCN(c2ncnc3scc(C(C)C)c23)CC1)N1CCCC1. The Morgan fingerprint density at radius 1 is 1.15 bits per heavy atom. The van der Waals surface area contributed by atoms with E-state index in [-0.39, 0.29) is 0 Å². The van der Waals surface area contributed by atoms with Crippen LogP contribution in [0, 0.1) is 5.92 Å². The number of likely N-dealkylation sites (tertiary alicyclic amines) is 1. The summed E-state index contributed by atoms with van der Waals surface area (Å²) < 4.78 is 6.20. The molecule has 27 heavy (non-hydrogen) atoms. The van der Waals surface area contributed by atoms with Gasteiger partial charge in [0.1, 0.15) is 23.2 Å². The molecule has 4 rings (SSSR count). The molecule has 2 aromatic heterocycles. The van der Waals surface area contributed by atoms with Gasteiger partial charge in [-0.05, 0) is 49.5 Å². The van der Waals surface area contributed by atoms with Crippen LogP contribution >= 0.6 is 11.3 Å². The number of thiophene rings is 1. The lowest BCUT2D eigenvalue weighted by molar-refractivity contribution is -0.0858. The van der Waals surface area contributed by atoms with E-state index in [2.05, 4.69) is 40.9 Å². The minimum absolute atomic E-state index is 0.303. The summed E-state index contributed by atoms with van der Waals surface area (Å²) in [5, 5.41) is 3.54. The van der Waals surface area contributed by atoms with Crippen LogP contribution in [0.4, 0.5) is 5.82 Å². The number of aromatic nitrogens is 2. The average Bonchev–Trinajstić information content (AvgIpc) is 3.36. The minimum Gasteiger partial charge on any atom is -0.363 e. The Morgan fingerprint density at radius 2 is 1.89 bits per heavy atom. The second kappa shape index (κ2) is 8.41. The van der Waals surface area contributed by atoms with E-state index in [1.54, 1.807) is 17.7 Å². The molecule has 2 saturated heterocycles. The van der Waals surface area contributed by atoms with Crippen LogP contribution in [0.15, 0.2) is 11.7 Å². The molecule has 0 aliphatic carbocycles. The standard InChI is InChI=1S/C21H32N4OS/c1-4-26-21(25-9-5-6-10-25)16-7-11-24(12-8-16)19-18-17(15(2)3)13-27-20(18)23-14-22-19/h13-16,21H,4-12H2,1-3H3. The van der Waals surface area contributed by atoms with E-state index in [0.717, 1.165) is 30.3 Å². The van der Waals surface area contributed by atoms with Crippen molar-refractivity contribution < 1.29 is 4.74 Å².